The maximum absolute atomic E-state index is 4.92. The lowest BCUT2D eigenvalue weighted by Gasteiger charge is -2.19. The summed E-state index contributed by atoms with van der Waals surface area (Å²) in [6.07, 6.45) is 9.18. The van der Waals surface area contributed by atoms with Crippen LogP contribution in [-0.4, -0.2) is 24.3 Å². The van der Waals surface area contributed by atoms with Gasteiger partial charge in [-0.25, -0.2) is 0 Å². The van der Waals surface area contributed by atoms with Crippen LogP contribution in [0, 0.1) is 5.92 Å². The Labute approximate surface area is 115 Å². The van der Waals surface area contributed by atoms with E-state index < -0.39 is 0 Å². The van der Waals surface area contributed by atoms with Gasteiger partial charge in [0.1, 0.15) is 0 Å². The van der Waals surface area contributed by atoms with Crippen LogP contribution in [-0.2, 0) is 0 Å². The second-order valence-corrected chi connectivity index (χ2v) is 4.58. The highest BCUT2D eigenvalue weighted by Crippen LogP contribution is 2.24. The average molecular weight is 260 g/mol. The number of hydrogen-bond acceptors (Lipinski definition) is 3. The summed E-state index contributed by atoms with van der Waals surface area (Å²) >= 11 is 4.92. The smallest absolute Gasteiger partial charge is 0.0697 e. The van der Waals surface area contributed by atoms with Crippen LogP contribution >= 0.6 is 12.2 Å². The summed E-state index contributed by atoms with van der Waals surface area (Å²) < 4.78 is 0. The molecule has 0 aromatic carbocycles. The van der Waals surface area contributed by atoms with Crippen molar-refractivity contribution in [3.8, 4) is 0 Å². The third-order valence-corrected chi connectivity index (χ3v) is 3.32. The topological polar surface area (TPSA) is 24.7 Å². The first-order chi connectivity index (χ1) is 8.62. The molecule has 1 aliphatic rings. The van der Waals surface area contributed by atoms with Crippen LogP contribution in [0.15, 0.2) is 45.1 Å². The highest BCUT2D eigenvalue weighted by Gasteiger charge is 2.16. The standard InChI is InChI=1S/C15H20N2S/c1-5-15(10-18)17-12(3)13-7-6-11(2)14(8-13)9-16-4/h5-7,9-10,14H,8H2,1-4H3/b15-5-,16-9-,17-12+. The van der Waals surface area contributed by atoms with E-state index in [0.717, 1.165) is 17.8 Å². The maximum atomic E-state index is 4.92. The van der Waals surface area contributed by atoms with Gasteiger partial charge in [-0.3, -0.25) is 4.99 Å². The zero-order valence-corrected chi connectivity index (χ0v) is 12.3. The fourth-order valence-corrected chi connectivity index (χ4v) is 2.05. The second kappa shape index (κ2) is 7.17. The van der Waals surface area contributed by atoms with Gasteiger partial charge in [0, 0.05) is 30.3 Å². The normalized spacial score (nSPS) is 21.9. The predicted molar refractivity (Wildman–Crippen MR) is 84.9 cm³/mol. The molecule has 0 amide bonds. The lowest BCUT2D eigenvalue weighted by molar-refractivity contribution is 0.805. The number of nitrogens with zero attached hydrogens (tertiary/aromatic N) is 2. The number of thiocarbonyl (C=S) groups is 1. The highest BCUT2D eigenvalue weighted by molar-refractivity contribution is 7.79. The molecule has 2 nitrogen and oxygen atoms in total. The van der Waals surface area contributed by atoms with Gasteiger partial charge in [0.2, 0.25) is 0 Å². The van der Waals surface area contributed by atoms with Crippen LogP contribution in [0.5, 0.6) is 0 Å². The summed E-state index contributed by atoms with van der Waals surface area (Å²) in [6.45, 7) is 6.12. The summed E-state index contributed by atoms with van der Waals surface area (Å²) in [4.78, 5) is 8.66. The van der Waals surface area contributed by atoms with Crippen molar-refractivity contribution in [1.29, 1.82) is 0 Å². The molecule has 0 aliphatic heterocycles. The zero-order valence-electron chi connectivity index (χ0n) is 11.5. The van der Waals surface area contributed by atoms with E-state index in [-0.39, 0.29) is 0 Å². The van der Waals surface area contributed by atoms with Crippen LogP contribution < -0.4 is 0 Å². The highest BCUT2D eigenvalue weighted by atomic mass is 32.1. The summed E-state index contributed by atoms with van der Waals surface area (Å²) in [5, 5.41) is 1.61. The third kappa shape index (κ3) is 3.84. The van der Waals surface area contributed by atoms with Gasteiger partial charge in [-0.1, -0.05) is 36.0 Å². The van der Waals surface area contributed by atoms with E-state index in [4.69, 9.17) is 12.2 Å². The van der Waals surface area contributed by atoms with Gasteiger partial charge in [0.15, 0.2) is 0 Å². The molecule has 0 spiro atoms. The van der Waals surface area contributed by atoms with Crippen LogP contribution in [0.1, 0.15) is 27.2 Å². The van der Waals surface area contributed by atoms with E-state index in [0.29, 0.717) is 5.92 Å². The van der Waals surface area contributed by atoms with E-state index in [1.807, 2.05) is 33.2 Å². The van der Waals surface area contributed by atoms with Crippen molar-refractivity contribution >= 4 is 29.5 Å². The van der Waals surface area contributed by atoms with Crippen molar-refractivity contribution in [2.24, 2.45) is 15.9 Å². The molecule has 0 aromatic heterocycles. The Morgan fingerprint density at radius 2 is 2.17 bits per heavy atom. The number of rotatable bonds is 4. The first-order valence-electron chi connectivity index (χ1n) is 6.09. The first-order valence-corrected chi connectivity index (χ1v) is 6.56. The number of aliphatic imine (C=N–C) groups is 2. The molecule has 0 radical (unpaired) electrons. The van der Waals surface area contributed by atoms with Gasteiger partial charge in [-0.05, 0) is 32.8 Å². The Morgan fingerprint density at radius 1 is 1.44 bits per heavy atom. The van der Waals surface area contributed by atoms with E-state index in [9.17, 15) is 0 Å². The van der Waals surface area contributed by atoms with Crippen molar-refractivity contribution in [2.45, 2.75) is 27.2 Å². The Morgan fingerprint density at radius 3 is 2.72 bits per heavy atom. The Hall–Kier alpha value is -1.35. The maximum Gasteiger partial charge on any atom is 0.0697 e. The number of allylic oxidation sites excluding steroid dienone is 6. The molecule has 0 bridgehead atoms. The predicted octanol–water partition coefficient (Wildman–Crippen LogP) is 3.94. The summed E-state index contributed by atoms with van der Waals surface area (Å²) in [5.74, 6) is 0.390. The first kappa shape index (κ1) is 14.7. The molecular formula is C15H20N2S. The fourth-order valence-electron chi connectivity index (χ4n) is 1.86. The lowest BCUT2D eigenvalue weighted by atomic mass is 9.87. The van der Waals surface area contributed by atoms with Gasteiger partial charge in [-0.15, -0.1) is 0 Å². The third-order valence-electron chi connectivity index (χ3n) is 3.08. The minimum absolute atomic E-state index is 0.390. The second-order valence-electron chi connectivity index (χ2n) is 4.35. The minimum Gasteiger partial charge on any atom is -0.300 e. The lowest BCUT2D eigenvalue weighted by Crippen LogP contribution is -2.13. The molecule has 3 heteroatoms. The van der Waals surface area contributed by atoms with E-state index >= 15 is 0 Å². The van der Waals surface area contributed by atoms with Crippen LogP contribution in [0.4, 0.5) is 0 Å². The minimum atomic E-state index is 0.390. The molecule has 1 rings (SSSR count). The molecule has 0 aromatic rings. The molecule has 0 saturated heterocycles. The summed E-state index contributed by atoms with van der Waals surface area (Å²) in [7, 11) is 1.82. The largest absolute Gasteiger partial charge is 0.300 e. The molecule has 0 fully saturated rings. The van der Waals surface area contributed by atoms with Crippen LogP contribution in [0.3, 0.4) is 0 Å². The molecule has 1 unspecified atom stereocenters. The van der Waals surface area contributed by atoms with Crippen molar-refractivity contribution in [3.63, 3.8) is 0 Å². The summed E-state index contributed by atoms with van der Waals surface area (Å²) in [6, 6.07) is 0. The van der Waals surface area contributed by atoms with E-state index in [2.05, 4.69) is 29.1 Å². The molecule has 1 aliphatic carbocycles. The molecule has 0 heterocycles. The Bertz CT molecular complexity index is 465. The molecule has 0 saturated carbocycles. The van der Waals surface area contributed by atoms with Crippen molar-refractivity contribution in [2.75, 3.05) is 7.05 Å². The van der Waals surface area contributed by atoms with E-state index in [1.54, 1.807) is 5.37 Å². The Kier molecular flexibility index (Phi) is 5.86. The monoisotopic (exact) mass is 260 g/mol. The van der Waals surface area contributed by atoms with Crippen LogP contribution in [0.2, 0.25) is 0 Å². The molecule has 96 valence electrons. The van der Waals surface area contributed by atoms with Crippen molar-refractivity contribution in [1.82, 2.24) is 0 Å². The summed E-state index contributed by atoms with van der Waals surface area (Å²) in [5.41, 5.74) is 4.47. The van der Waals surface area contributed by atoms with Gasteiger partial charge in [0.25, 0.3) is 0 Å². The SMILES string of the molecule is C/C=C(C=S)\N=C(/C)C1=CC=C(C)C(/C=N\C)C1. The molecule has 1 atom stereocenters. The molecular weight excluding hydrogens is 240 g/mol. The van der Waals surface area contributed by atoms with Gasteiger partial charge >= 0.3 is 0 Å². The number of hydrogen-bond donors (Lipinski definition) is 0. The Balaban J connectivity index is 2.95. The molecule has 18 heavy (non-hydrogen) atoms. The van der Waals surface area contributed by atoms with Gasteiger partial charge in [-0.2, -0.15) is 0 Å². The van der Waals surface area contributed by atoms with Crippen molar-refractivity contribution in [3.05, 3.63) is 35.1 Å². The molecule has 0 N–H and O–H groups in total. The zero-order chi connectivity index (χ0) is 13.5. The fraction of sp³-hybridized carbons (Fsp3) is 0.400. The quantitative estimate of drug-likeness (QED) is 0.427. The van der Waals surface area contributed by atoms with Gasteiger partial charge < -0.3 is 4.99 Å². The van der Waals surface area contributed by atoms with Gasteiger partial charge in [0.05, 0.1) is 5.70 Å². The van der Waals surface area contributed by atoms with E-state index in [1.165, 1.54) is 11.1 Å². The van der Waals surface area contributed by atoms with Crippen LogP contribution in [0.25, 0.3) is 0 Å². The average Bonchev–Trinajstić information content (AvgIpc) is 2.38. The van der Waals surface area contributed by atoms with Crippen molar-refractivity contribution < 1.29 is 0 Å².